The Morgan fingerprint density at radius 2 is 1.40 bits per heavy atom. The maximum Gasteiger partial charge on any atom is 0.323 e. The molecule has 11 heteroatoms. The zero-order valence-electron chi connectivity index (χ0n) is 29.4. The lowest BCUT2D eigenvalue weighted by Crippen LogP contribution is -2.61. The molecule has 0 aliphatic heterocycles. The number of carbonyl (C=O) groups is 3. The van der Waals surface area contributed by atoms with Gasteiger partial charge in [0.05, 0.1) is 33.8 Å². The van der Waals surface area contributed by atoms with Crippen LogP contribution in [-0.2, 0) is 33.8 Å². The molecule has 0 fully saturated rings. The van der Waals surface area contributed by atoms with Gasteiger partial charge in [-0.1, -0.05) is 93.6 Å². The van der Waals surface area contributed by atoms with E-state index < -0.39 is 41.5 Å². The van der Waals surface area contributed by atoms with Crippen LogP contribution in [0, 0.1) is 5.41 Å². The van der Waals surface area contributed by atoms with Gasteiger partial charge in [0.25, 0.3) is 0 Å². The van der Waals surface area contributed by atoms with E-state index in [-0.39, 0.29) is 25.3 Å². The molecule has 0 saturated carbocycles. The van der Waals surface area contributed by atoms with Crippen molar-refractivity contribution in [2.75, 3.05) is 21.3 Å². The first-order valence-electron chi connectivity index (χ1n) is 16.4. The Hall–Kier alpha value is -5.13. The number of aliphatic hydroxyl groups is 1. The van der Waals surface area contributed by atoms with Crippen LogP contribution in [0.15, 0.2) is 84.9 Å². The minimum atomic E-state index is -1.58. The summed E-state index contributed by atoms with van der Waals surface area (Å²) in [6.07, 6.45) is -1.39. The summed E-state index contributed by atoms with van der Waals surface area (Å²) in [5, 5.41) is 32.6. The number of methoxy groups -OCH3 is 3. The van der Waals surface area contributed by atoms with Gasteiger partial charge >= 0.3 is 5.97 Å². The fourth-order valence-electron chi connectivity index (χ4n) is 5.95. The Kier molecular flexibility index (Phi) is 12.8. The number of carboxylic acids is 1. The van der Waals surface area contributed by atoms with Crippen LogP contribution in [0.1, 0.15) is 37.5 Å². The molecule has 0 heterocycles. The average Bonchev–Trinajstić information content (AvgIpc) is 3.09. The SMILES string of the molecule is COc1cc(CN[C@@H](C(=O)O)[C@H](O)[C@H](Cc2ccccc2)NC(=O)[C@@H](NC(=O)Cc2cccc3ccccc23)C(C)(C)C)cc(OC)c1OC. The molecule has 4 rings (SSSR count). The maximum atomic E-state index is 14.0. The number of hydrogen-bond acceptors (Lipinski definition) is 8. The first kappa shape index (κ1) is 37.7. The van der Waals surface area contributed by atoms with Crippen LogP contribution in [0.3, 0.4) is 0 Å². The fraction of sp³-hybridized carbons (Fsp3) is 0.359. The molecule has 266 valence electrons. The number of nitrogens with one attached hydrogen (secondary N) is 3. The third-order valence-electron chi connectivity index (χ3n) is 8.56. The number of benzene rings is 4. The first-order chi connectivity index (χ1) is 23.9. The molecule has 4 atom stereocenters. The summed E-state index contributed by atoms with van der Waals surface area (Å²) in [4.78, 5) is 40.0. The van der Waals surface area contributed by atoms with Crippen LogP contribution in [-0.4, -0.2) is 73.6 Å². The number of ether oxygens (including phenoxy) is 3. The van der Waals surface area contributed by atoms with Gasteiger partial charge < -0.3 is 35.1 Å². The van der Waals surface area contributed by atoms with E-state index in [1.807, 2.05) is 93.6 Å². The normalized spacial score (nSPS) is 13.8. The number of aliphatic hydroxyl groups excluding tert-OH is 1. The quantitative estimate of drug-likeness (QED) is 0.116. The Morgan fingerprint density at radius 3 is 2.00 bits per heavy atom. The lowest BCUT2D eigenvalue weighted by atomic mass is 9.85. The predicted molar refractivity (Wildman–Crippen MR) is 191 cm³/mol. The van der Waals surface area contributed by atoms with Gasteiger partial charge in [0, 0.05) is 6.54 Å². The number of hydrogen-bond donors (Lipinski definition) is 5. The molecule has 11 nitrogen and oxygen atoms in total. The predicted octanol–water partition coefficient (Wildman–Crippen LogP) is 4.27. The van der Waals surface area contributed by atoms with Crippen molar-refractivity contribution in [3.05, 3.63) is 102 Å². The van der Waals surface area contributed by atoms with Crippen molar-refractivity contribution in [3.63, 3.8) is 0 Å². The zero-order valence-corrected chi connectivity index (χ0v) is 29.4. The van der Waals surface area contributed by atoms with Crippen LogP contribution in [0.4, 0.5) is 0 Å². The van der Waals surface area contributed by atoms with Gasteiger partial charge in [-0.15, -0.1) is 0 Å². The molecule has 0 aromatic heterocycles. The highest BCUT2D eigenvalue weighted by atomic mass is 16.5. The lowest BCUT2D eigenvalue weighted by Gasteiger charge is -2.34. The third-order valence-corrected chi connectivity index (χ3v) is 8.56. The molecular weight excluding hydrogens is 638 g/mol. The van der Waals surface area contributed by atoms with Gasteiger partial charge in [-0.3, -0.25) is 19.7 Å². The van der Waals surface area contributed by atoms with E-state index in [1.54, 1.807) is 12.1 Å². The molecule has 0 bridgehead atoms. The van der Waals surface area contributed by atoms with Crippen molar-refractivity contribution in [1.82, 2.24) is 16.0 Å². The van der Waals surface area contributed by atoms with E-state index in [0.29, 0.717) is 22.8 Å². The highest BCUT2D eigenvalue weighted by Gasteiger charge is 2.38. The molecule has 0 aliphatic rings. The molecule has 0 radical (unpaired) electrons. The lowest BCUT2D eigenvalue weighted by molar-refractivity contribution is -0.144. The topological polar surface area (TPSA) is 155 Å². The van der Waals surface area contributed by atoms with Gasteiger partial charge in [-0.05, 0) is 51.4 Å². The first-order valence-corrected chi connectivity index (χ1v) is 16.4. The number of aliphatic carboxylic acids is 1. The molecule has 4 aromatic rings. The van der Waals surface area contributed by atoms with E-state index >= 15 is 0 Å². The number of fused-ring (bicyclic) bond motifs is 1. The average molecular weight is 686 g/mol. The monoisotopic (exact) mass is 685 g/mol. The number of carboxylic acid groups (broad SMARTS) is 1. The highest BCUT2D eigenvalue weighted by molar-refractivity contribution is 5.93. The Labute approximate surface area is 292 Å². The molecule has 4 aromatic carbocycles. The third kappa shape index (κ3) is 9.52. The molecule has 0 saturated heterocycles. The van der Waals surface area contributed by atoms with Crippen LogP contribution < -0.4 is 30.2 Å². The van der Waals surface area contributed by atoms with Crippen molar-refractivity contribution < 1.29 is 38.8 Å². The van der Waals surface area contributed by atoms with Crippen molar-refractivity contribution in [1.29, 1.82) is 0 Å². The zero-order chi connectivity index (χ0) is 36.4. The standard InChI is InChI=1S/C39H47N3O8/c1-39(2,3)36(42-32(43)22-27-17-12-16-26-15-10-11-18-28(26)27)37(45)41-29(19-24-13-8-7-9-14-24)34(44)33(38(46)47)40-23-25-20-30(48-4)35(50-6)31(21-25)49-5/h7-18,20-21,29,33-34,36,40,44H,19,22-23H2,1-6H3,(H,41,45)(H,42,43)(H,46,47)/t29-,33+,34+,36+/m0/s1. The van der Waals surface area contributed by atoms with Gasteiger partial charge in [0.1, 0.15) is 18.2 Å². The molecule has 2 amide bonds. The van der Waals surface area contributed by atoms with Crippen LogP contribution in [0.25, 0.3) is 10.8 Å². The van der Waals surface area contributed by atoms with E-state index in [1.165, 1.54) is 21.3 Å². The van der Waals surface area contributed by atoms with Gasteiger partial charge in [-0.25, -0.2) is 0 Å². The second-order valence-corrected chi connectivity index (χ2v) is 13.2. The molecule has 50 heavy (non-hydrogen) atoms. The summed E-state index contributed by atoms with van der Waals surface area (Å²) in [5.41, 5.74) is 1.49. The van der Waals surface area contributed by atoms with Crippen molar-refractivity contribution in [2.24, 2.45) is 5.41 Å². The molecule has 0 aliphatic carbocycles. The Bertz CT molecular complexity index is 1740. The summed E-state index contributed by atoms with van der Waals surface area (Å²) in [6, 6.07) is 22.5. The number of carbonyl (C=O) groups excluding carboxylic acids is 2. The largest absolute Gasteiger partial charge is 0.493 e. The van der Waals surface area contributed by atoms with Gasteiger partial charge in [0.15, 0.2) is 11.5 Å². The van der Waals surface area contributed by atoms with Crippen molar-refractivity contribution >= 4 is 28.6 Å². The van der Waals surface area contributed by atoms with Crippen LogP contribution >= 0.6 is 0 Å². The molecule has 0 unspecified atom stereocenters. The fourth-order valence-corrected chi connectivity index (χ4v) is 5.95. The number of amides is 2. The van der Waals surface area contributed by atoms with Crippen LogP contribution in [0.5, 0.6) is 17.2 Å². The second-order valence-electron chi connectivity index (χ2n) is 13.2. The minimum Gasteiger partial charge on any atom is -0.493 e. The molecule has 5 N–H and O–H groups in total. The summed E-state index contributed by atoms with van der Waals surface area (Å²) in [6.45, 7) is 5.51. The van der Waals surface area contributed by atoms with Crippen molar-refractivity contribution in [3.8, 4) is 17.2 Å². The summed E-state index contributed by atoms with van der Waals surface area (Å²) in [5.74, 6) is -1.03. The second kappa shape index (κ2) is 17.0. The molecule has 0 spiro atoms. The summed E-state index contributed by atoms with van der Waals surface area (Å²) >= 11 is 0. The Balaban J connectivity index is 1.57. The smallest absolute Gasteiger partial charge is 0.323 e. The van der Waals surface area contributed by atoms with Crippen molar-refractivity contribution in [2.45, 2.75) is 64.4 Å². The summed E-state index contributed by atoms with van der Waals surface area (Å²) in [7, 11) is 4.44. The van der Waals surface area contributed by atoms with Gasteiger partial charge in [-0.2, -0.15) is 0 Å². The van der Waals surface area contributed by atoms with E-state index in [0.717, 1.165) is 21.9 Å². The van der Waals surface area contributed by atoms with E-state index in [2.05, 4.69) is 16.0 Å². The van der Waals surface area contributed by atoms with E-state index in [4.69, 9.17) is 14.2 Å². The molecular formula is C39H47N3O8. The highest BCUT2D eigenvalue weighted by Crippen LogP contribution is 2.38. The summed E-state index contributed by atoms with van der Waals surface area (Å²) < 4.78 is 16.2. The van der Waals surface area contributed by atoms with Gasteiger partial charge in [0.2, 0.25) is 17.6 Å². The van der Waals surface area contributed by atoms with E-state index in [9.17, 15) is 24.6 Å². The minimum absolute atomic E-state index is 0.0194. The maximum absolute atomic E-state index is 14.0. The Morgan fingerprint density at radius 1 is 0.780 bits per heavy atom. The number of rotatable bonds is 16. The van der Waals surface area contributed by atoms with Crippen LogP contribution in [0.2, 0.25) is 0 Å².